The highest BCUT2D eigenvalue weighted by molar-refractivity contribution is 6.33. The lowest BCUT2D eigenvalue weighted by Gasteiger charge is -2.36. The van der Waals surface area contributed by atoms with Gasteiger partial charge in [-0.3, -0.25) is 14.2 Å². The molecule has 172 valence electrons. The number of carbonyl (C=O) groups is 1. The Balaban J connectivity index is 1.43. The van der Waals surface area contributed by atoms with E-state index in [-0.39, 0.29) is 16.1 Å². The zero-order chi connectivity index (χ0) is 23.1. The van der Waals surface area contributed by atoms with Crippen LogP contribution in [0.1, 0.15) is 17.3 Å². The van der Waals surface area contributed by atoms with Crippen molar-refractivity contribution in [1.29, 1.82) is 0 Å². The predicted octanol–water partition coefficient (Wildman–Crippen LogP) is 2.94. The second-order valence-electron chi connectivity index (χ2n) is 7.85. The molecule has 33 heavy (non-hydrogen) atoms. The second kappa shape index (κ2) is 8.55. The van der Waals surface area contributed by atoms with Crippen molar-refractivity contribution < 1.29 is 18.7 Å². The number of nitrogens with zero attached hydrogens (tertiary/aromatic N) is 4. The average molecular weight is 473 g/mol. The zero-order valence-corrected chi connectivity index (χ0v) is 18.8. The van der Waals surface area contributed by atoms with Crippen LogP contribution in [0.3, 0.4) is 0 Å². The van der Waals surface area contributed by atoms with Crippen molar-refractivity contribution in [3.63, 3.8) is 0 Å². The van der Waals surface area contributed by atoms with E-state index in [0.29, 0.717) is 74.3 Å². The van der Waals surface area contributed by atoms with Gasteiger partial charge in [-0.1, -0.05) is 17.7 Å². The lowest BCUT2D eigenvalue weighted by atomic mass is 10.1. The minimum atomic E-state index is -0.638. The number of fused-ring (bicyclic) bond motifs is 2. The Morgan fingerprint density at radius 3 is 2.48 bits per heavy atom. The monoisotopic (exact) mass is 472 g/mol. The molecule has 0 aliphatic carbocycles. The molecule has 1 aromatic heterocycles. The Bertz CT molecular complexity index is 1280. The number of hydrogen-bond acceptors (Lipinski definition) is 6. The van der Waals surface area contributed by atoms with Gasteiger partial charge in [0.1, 0.15) is 19.0 Å². The molecule has 2 aliphatic heterocycles. The molecule has 1 amide bonds. The summed E-state index contributed by atoms with van der Waals surface area (Å²) in [5.74, 6) is 0.559. The molecule has 2 aliphatic rings. The van der Waals surface area contributed by atoms with Gasteiger partial charge in [-0.2, -0.15) is 0 Å². The molecular weight excluding hydrogens is 451 g/mol. The van der Waals surface area contributed by atoms with Gasteiger partial charge in [-0.25, -0.2) is 9.37 Å². The van der Waals surface area contributed by atoms with Crippen LogP contribution in [0, 0.1) is 5.82 Å². The summed E-state index contributed by atoms with van der Waals surface area (Å²) in [6, 6.07) is 7.61. The molecule has 10 heteroatoms. The topological polar surface area (TPSA) is 76.9 Å². The molecule has 1 fully saturated rings. The van der Waals surface area contributed by atoms with Crippen molar-refractivity contribution in [3.8, 4) is 11.5 Å². The molecule has 0 atom stereocenters. The molecule has 0 saturated carbocycles. The highest BCUT2D eigenvalue weighted by Gasteiger charge is 2.28. The summed E-state index contributed by atoms with van der Waals surface area (Å²) in [5.41, 5.74) is 0.251. The molecular formula is C23H22ClFN4O4. The van der Waals surface area contributed by atoms with Crippen LogP contribution in [-0.2, 0) is 6.54 Å². The maximum Gasteiger partial charge on any atom is 0.262 e. The van der Waals surface area contributed by atoms with Crippen LogP contribution in [0.4, 0.5) is 10.3 Å². The van der Waals surface area contributed by atoms with E-state index in [1.807, 2.05) is 11.8 Å². The SMILES string of the molecule is CCn1c(N2CCN(C(=O)c3c(F)cccc3Cl)CC2)nc2cc3c(cc2c1=O)OCCO3. The maximum absolute atomic E-state index is 14.2. The van der Waals surface area contributed by atoms with Crippen molar-refractivity contribution in [2.24, 2.45) is 0 Å². The van der Waals surface area contributed by atoms with Crippen LogP contribution in [0.15, 0.2) is 35.1 Å². The van der Waals surface area contributed by atoms with E-state index in [2.05, 4.69) is 0 Å². The number of aromatic nitrogens is 2. The summed E-state index contributed by atoms with van der Waals surface area (Å²) < 4.78 is 27.1. The first-order chi connectivity index (χ1) is 16.0. The first kappa shape index (κ1) is 21.5. The Labute approximate surface area is 194 Å². The van der Waals surface area contributed by atoms with E-state index in [0.717, 1.165) is 0 Å². The Morgan fingerprint density at radius 2 is 1.82 bits per heavy atom. The minimum absolute atomic E-state index is 0.0907. The van der Waals surface area contributed by atoms with Gasteiger partial charge in [0, 0.05) is 38.8 Å². The zero-order valence-electron chi connectivity index (χ0n) is 18.0. The largest absolute Gasteiger partial charge is 0.486 e. The third kappa shape index (κ3) is 3.76. The number of ether oxygens (including phenoxy) is 2. The molecule has 0 bridgehead atoms. The number of benzene rings is 2. The Kier molecular flexibility index (Phi) is 5.57. The fourth-order valence-electron chi connectivity index (χ4n) is 4.24. The van der Waals surface area contributed by atoms with Crippen molar-refractivity contribution in [2.75, 3.05) is 44.3 Å². The molecule has 2 aromatic carbocycles. The summed E-state index contributed by atoms with van der Waals surface area (Å²) >= 11 is 6.07. The van der Waals surface area contributed by atoms with Crippen LogP contribution in [-0.4, -0.2) is 59.8 Å². The third-order valence-electron chi connectivity index (χ3n) is 5.94. The fourth-order valence-corrected chi connectivity index (χ4v) is 4.49. The number of hydrogen-bond donors (Lipinski definition) is 0. The number of rotatable bonds is 3. The van der Waals surface area contributed by atoms with Gasteiger partial charge in [0.2, 0.25) is 5.95 Å². The summed E-state index contributed by atoms with van der Waals surface area (Å²) in [6.45, 7) is 4.80. The quantitative estimate of drug-likeness (QED) is 0.583. The molecule has 1 saturated heterocycles. The lowest BCUT2D eigenvalue weighted by Crippen LogP contribution is -2.50. The van der Waals surface area contributed by atoms with E-state index in [1.54, 1.807) is 21.6 Å². The van der Waals surface area contributed by atoms with Gasteiger partial charge in [-0.15, -0.1) is 0 Å². The molecule has 0 radical (unpaired) electrons. The van der Waals surface area contributed by atoms with Gasteiger partial charge < -0.3 is 19.3 Å². The third-order valence-corrected chi connectivity index (χ3v) is 6.26. The van der Waals surface area contributed by atoms with E-state index < -0.39 is 11.7 Å². The summed E-state index contributed by atoms with van der Waals surface area (Å²) in [5, 5.41) is 0.556. The molecule has 3 aromatic rings. The number of amides is 1. The normalized spacial score (nSPS) is 15.7. The van der Waals surface area contributed by atoms with Gasteiger partial charge in [-0.05, 0) is 25.1 Å². The maximum atomic E-state index is 14.2. The van der Waals surface area contributed by atoms with Crippen LogP contribution in [0.2, 0.25) is 5.02 Å². The Hall–Kier alpha value is -3.33. The van der Waals surface area contributed by atoms with Gasteiger partial charge in [0.15, 0.2) is 11.5 Å². The van der Waals surface area contributed by atoms with Crippen LogP contribution >= 0.6 is 11.6 Å². The molecule has 0 unspecified atom stereocenters. The van der Waals surface area contributed by atoms with Gasteiger partial charge in [0.25, 0.3) is 11.5 Å². The van der Waals surface area contributed by atoms with Crippen molar-refractivity contribution >= 4 is 34.4 Å². The summed E-state index contributed by atoms with van der Waals surface area (Å²) in [6.07, 6.45) is 0. The molecule has 3 heterocycles. The smallest absolute Gasteiger partial charge is 0.262 e. The second-order valence-corrected chi connectivity index (χ2v) is 8.26. The number of halogens is 2. The summed E-state index contributed by atoms with van der Waals surface area (Å²) in [7, 11) is 0. The highest BCUT2D eigenvalue weighted by atomic mass is 35.5. The first-order valence-corrected chi connectivity index (χ1v) is 11.2. The highest BCUT2D eigenvalue weighted by Crippen LogP contribution is 2.33. The van der Waals surface area contributed by atoms with E-state index >= 15 is 0 Å². The Morgan fingerprint density at radius 1 is 1.12 bits per heavy atom. The number of carbonyl (C=O) groups excluding carboxylic acids is 1. The van der Waals surface area contributed by atoms with Crippen molar-refractivity contribution in [1.82, 2.24) is 14.5 Å². The van der Waals surface area contributed by atoms with Crippen molar-refractivity contribution in [2.45, 2.75) is 13.5 Å². The predicted molar refractivity (Wildman–Crippen MR) is 122 cm³/mol. The van der Waals surface area contributed by atoms with Crippen LogP contribution < -0.4 is 19.9 Å². The molecule has 5 rings (SSSR count). The number of piperazine rings is 1. The standard InChI is InChI=1S/C23H22ClFN4O4/c1-2-29-21(30)14-12-18-19(33-11-10-32-18)13-17(14)26-23(29)28-8-6-27(7-9-28)22(31)20-15(24)4-3-5-16(20)25/h3-5,12-13H,2,6-11H2,1H3. The molecule has 0 spiro atoms. The number of anilines is 1. The van der Waals surface area contributed by atoms with Crippen LogP contribution in [0.25, 0.3) is 10.9 Å². The lowest BCUT2D eigenvalue weighted by molar-refractivity contribution is 0.0741. The summed E-state index contributed by atoms with van der Waals surface area (Å²) in [4.78, 5) is 34.4. The van der Waals surface area contributed by atoms with Gasteiger partial charge in [0.05, 0.1) is 21.5 Å². The van der Waals surface area contributed by atoms with Crippen molar-refractivity contribution in [3.05, 3.63) is 57.1 Å². The molecule has 8 nitrogen and oxygen atoms in total. The first-order valence-electron chi connectivity index (χ1n) is 10.8. The molecule has 0 N–H and O–H groups in total. The van der Waals surface area contributed by atoms with Gasteiger partial charge >= 0.3 is 0 Å². The van der Waals surface area contributed by atoms with Crippen LogP contribution in [0.5, 0.6) is 11.5 Å². The minimum Gasteiger partial charge on any atom is -0.486 e. The van der Waals surface area contributed by atoms with E-state index in [9.17, 15) is 14.0 Å². The van der Waals surface area contributed by atoms with E-state index in [4.69, 9.17) is 26.1 Å². The van der Waals surface area contributed by atoms with E-state index in [1.165, 1.54) is 18.2 Å². The average Bonchev–Trinajstić information content (AvgIpc) is 2.83. The fraction of sp³-hybridized carbons (Fsp3) is 0.348.